The maximum atomic E-state index is 12.0. The molecule has 0 unspecified atom stereocenters. The molecule has 4 nitrogen and oxygen atoms in total. The summed E-state index contributed by atoms with van der Waals surface area (Å²) in [6, 6.07) is 25.4. The van der Waals surface area contributed by atoms with Crippen molar-refractivity contribution in [3.05, 3.63) is 95.6 Å². The smallest absolute Gasteiger partial charge is 0.341 e. The summed E-state index contributed by atoms with van der Waals surface area (Å²) >= 11 is 0. The van der Waals surface area contributed by atoms with Gasteiger partial charge in [0, 0.05) is 6.07 Å². The quantitative estimate of drug-likeness (QED) is 0.387. The summed E-state index contributed by atoms with van der Waals surface area (Å²) in [5.41, 5.74) is 2.73. The lowest BCUT2D eigenvalue weighted by Gasteiger charge is -2.13. The second-order valence-corrected chi connectivity index (χ2v) is 6.36. The Morgan fingerprint density at radius 1 is 0.821 bits per heavy atom. The first-order valence-corrected chi connectivity index (χ1v) is 9.32. The van der Waals surface area contributed by atoms with E-state index in [1.165, 1.54) is 12.7 Å². The van der Waals surface area contributed by atoms with Crippen molar-refractivity contribution >= 4 is 5.97 Å². The first-order chi connectivity index (χ1) is 13.8. The van der Waals surface area contributed by atoms with E-state index in [-0.39, 0.29) is 0 Å². The number of carbonyl (C=O) groups excluding carboxylic acids is 1. The predicted molar refractivity (Wildman–Crippen MR) is 109 cm³/mol. The van der Waals surface area contributed by atoms with E-state index >= 15 is 0 Å². The SMILES string of the molecule is COC(=O)c1ccc(OCc2ccccc2)cc1OCCCc1ccccc1. The summed E-state index contributed by atoms with van der Waals surface area (Å²) in [5, 5.41) is 0. The molecule has 3 rings (SSSR count). The lowest BCUT2D eigenvalue weighted by atomic mass is 10.1. The summed E-state index contributed by atoms with van der Waals surface area (Å²) in [5.74, 6) is 0.702. The van der Waals surface area contributed by atoms with Crippen LogP contribution in [0.3, 0.4) is 0 Å². The molecule has 0 amide bonds. The van der Waals surface area contributed by atoms with Gasteiger partial charge >= 0.3 is 5.97 Å². The largest absolute Gasteiger partial charge is 0.493 e. The molecule has 0 spiro atoms. The first kappa shape index (κ1) is 19.5. The minimum absolute atomic E-state index is 0.397. The van der Waals surface area contributed by atoms with Gasteiger partial charge in [0.05, 0.1) is 13.7 Å². The normalized spacial score (nSPS) is 10.3. The highest BCUT2D eigenvalue weighted by atomic mass is 16.5. The van der Waals surface area contributed by atoms with E-state index in [9.17, 15) is 4.79 Å². The van der Waals surface area contributed by atoms with Crippen LogP contribution in [0.5, 0.6) is 11.5 Å². The third-order valence-corrected chi connectivity index (χ3v) is 4.32. The van der Waals surface area contributed by atoms with Gasteiger partial charge in [0.25, 0.3) is 0 Å². The van der Waals surface area contributed by atoms with Crippen molar-refractivity contribution in [2.75, 3.05) is 13.7 Å². The Morgan fingerprint density at radius 3 is 2.18 bits per heavy atom. The molecule has 0 fully saturated rings. The Bertz CT molecular complexity index is 876. The molecular formula is C24H24O4. The lowest BCUT2D eigenvalue weighted by molar-refractivity contribution is 0.0596. The molecule has 0 aliphatic heterocycles. The number of methoxy groups -OCH3 is 1. The van der Waals surface area contributed by atoms with Crippen LogP contribution in [0, 0.1) is 0 Å². The van der Waals surface area contributed by atoms with Crippen molar-refractivity contribution in [1.29, 1.82) is 0 Å². The average molecular weight is 376 g/mol. The number of benzene rings is 3. The maximum Gasteiger partial charge on any atom is 0.341 e. The molecule has 0 saturated carbocycles. The molecule has 4 heteroatoms. The highest BCUT2D eigenvalue weighted by Crippen LogP contribution is 2.26. The Balaban J connectivity index is 1.63. The number of ether oxygens (including phenoxy) is 3. The molecule has 0 radical (unpaired) electrons. The Morgan fingerprint density at radius 2 is 1.50 bits per heavy atom. The second kappa shape index (κ2) is 10.2. The van der Waals surface area contributed by atoms with Crippen LogP contribution in [0.1, 0.15) is 27.9 Å². The minimum atomic E-state index is -0.423. The molecule has 144 valence electrons. The fourth-order valence-electron chi connectivity index (χ4n) is 2.83. The van der Waals surface area contributed by atoms with Crippen LogP contribution in [0.15, 0.2) is 78.9 Å². The van der Waals surface area contributed by atoms with Crippen LogP contribution >= 0.6 is 0 Å². The van der Waals surface area contributed by atoms with Gasteiger partial charge in [0.2, 0.25) is 0 Å². The van der Waals surface area contributed by atoms with Gasteiger partial charge in [-0.2, -0.15) is 0 Å². The summed E-state index contributed by atoms with van der Waals surface area (Å²) in [7, 11) is 1.36. The number of carbonyl (C=O) groups is 1. The number of esters is 1. The van der Waals surface area contributed by atoms with Gasteiger partial charge in [-0.05, 0) is 36.1 Å². The standard InChI is InChI=1S/C24H24O4/c1-26-24(25)22-15-14-21(28-18-20-11-6-3-7-12-20)17-23(22)27-16-8-13-19-9-4-2-5-10-19/h2-7,9-12,14-15,17H,8,13,16,18H2,1H3. The third-order valence-electron chi connectivity index (χ3n) is 4.32. The van der Waals surface area contributed by atoms with Gasteiger partial charge < -0.3 is 14.2 Å². The number of rotatable bonds is 9. The van der Waals surface area contributed by atoms with Crippen LogP contribution in [-0.4, -0.2) is 19.7 Å². The van der Waals surface area contributed by atoms with Crippen LogP contribution in [0.25, 0.3) is 0 Å². The molecule has 28 heavy (non-hydrogen) atoms. The van der Waals surface area contributed by atoms with Crippen molar-refractivity contribution in [3.63, 3.8) is 0 Å². The van der Waals surface area contributed by atoms with Gasteiger partial charge in [-0.1, -0.05) is 60.7 Å². The molecular weight excluding hydrogens is 352 g/mol. The molecule has 0 heterocycles. The predicted octanol–water partition coefficient (Wildman–Crippen LogP) is 5.06. The lowest BCUT2D eigenvalue weighted by Crippen LogP contribution is -2.08. The van der Waals surface area contributed by atoms with Crippen LogP contribution in [-0.2, 0) is 17.8 Å². The number of hydrogen-bond acceptors (Lipinski definition) is 4. The topological polar surface area (TPSA) is 44.8 Å². The minimum Gasteiger partial charge on any atom is -0.493 e. The van der Waals surface area contributed by atoms with E-state index in [4.69, 9.17) is 14.2 Å². The Hall–Kier alpha value is -3.27. The molecule has 0 bridgehead atoms. The number of hydrogen-bond donors (Lipinski definition) is 0. The zero-order valence-electron chi connectivity index (χ0n) is 16.0. The van der Waals surface area contributed by atoms with Gasteiger partial charge in [-0.15, -0.1) is 0 Å². The molecule has 3 aromatic carbocycles. The average Bonchev–Trinajstić information content (AvgIpc) is 2.76. The van der Waals surface area contributed by atoms with Crippen molar-refractivity contribution in [2.24, 2.45) is 0 Å². The van der Waals surface area contributed by atoms with Crippen molar-refractivity contribution in [1.82, 2.24) is 0 Å². The fourth-order valence-corrected chi connectivity index (χ4v) is 2.83. The van der Waals surface area contributed by atoms with Crippen LogP contribution in [0.2, 0.25) is 0 Å². The number of aryl methyl sites for hydroxylation is 1. The van der Waals surface area contributed by atoms with Crippen LogP contribution < -0.4 is 9.47 Å². The molecule has 0 atom stereocenters. The maximum absolute atomic E-state index is 12.0. The van der Waals surface area contributed by atoms with E-state index in [2.05, 4.69) is 12.1 Å². The first-order valence-electron chi connectivity index (χ1n) is 9.32. The fraction of sp³-hybridized carbons (Fsp3) is 0.208. The van der Waals surface area contributed by atoms with Gasteiger partial charge in [0.15, 0.2) is 0 Å². The van der Waals surface area contributed by atoms with Crippen LogP contribution in [0.4, 0.5) is 0 Å². The molecule has 3 aromatic rings. The van der Waals surface area contributed by atoms with Crippen molar-refractivity contribution in [3.8, 4) is 11.5 Å². The molecule has 0 saturated heterocycles. The van der Waals surface area contributed by atoms with E-state index in [1.54, 1.807) is 18.2 Å². The van der Waals surface area contributed by atoms with E-state index < -0.39 is 5.97 Å². The summed E-state index contributed by atoms with van der Waals surface area (Å²) in [4.78, 5) is 12.0. The third kappa shape index (κ3) is 5.61. The van der Waals surface area contributed by atoms with Gasteiger partial charge in [-0.3, -0.25) is 0 Å². The zero-order valence-corrected chi connectivity index (χ0v) is 16.0. The van der Waals surface area contributed by atoms with Crippen molar-refractivity contribution in [2.45, 2.75) is 19.4 Å². The molecule has 0 aliphatic carbocycles. The van der Waals surface area contributed by atoms with E-state index in [0.717, 1.165) is 18.4 Å². The Labute approximate surface area is 165 Å². The monoisotopic (exact) mass is 376 g/mol. The summed E-state index contributed by atoms with van der Waals surface area (Å²) < 4.78 is 16.6. The zero-order chi connectivity index (χ0) is 19.6. The Kier molecular flexibility index (Phi) is 7.08. The summed E-state index contributed by atoms with van der Waals surface area (Å²) in [6.07, 6.45) is 1.76. The second-order valence-electron chi connectivity index (χ2n) is 6.36. The highest BCUT2D eigenvalue weighted by molar-refractivity contribution is 5.92. The van der Waals surface area contributed by atoms with Gasteiger partial charge in [-0.25, -0.2) is 4.79 Å². The van der Waals surface area contributed by atoms with E-state index in [1.807, 2.05) is 48.5 Å². The summed E-state index contributed by atoms with van der Waals surface area (Å²) in [6.45, 7) is 0.951. The van der Waals surface area contributed by atoms with Crippen molar-refractivity contribution < 1.29 is 19.0 Å². The van der Waals surface area contributed by atoms with E-state index in [0.29, 0.717) is 30.3 Å². The highest BCUT2D eigenvalue weighted by Gasteiger charge is 2.14. The molecule has 0 aliphatic rings. The van der Waals surface area contributed by atoms with Gasteiger partial charge in [0.1, 0.15) is 23.7 Å². The molecule has 0 aromatic heterocycles. The molecule has 0 N–H and O–H groups in total.